The molecule has 1 saturated heterocycles. The van der Waals surface area contributed by atoms with Gasteiger partial charge in [0.15, 0.2) is 0 Å². The molecular weight excluding hydrogens is 320 g/mol. The van der Waals surface area contributed by atoms with Gasteiger partial charge in [0.05, 0.1) is 13.2 Å². The molecule has 4 atom stereocenters. The third-order valence-corrected chi connectivity index (χ3v) is 5.07. The van der Waals surface area contributed by atoms with Crippen LogP contribution in [-0.2, 0) is 9.47 Å². The van der Waals surface area contributed by atoms with Crippen molar-refractivity contribution in [1.82, 2.24) is 0 Å². The second-order valence-corrected chi connectivity index (χ2v) is 7.34. The Morgan fingerprint density at radius 3 is 1.84 bits per heavy atom. The van der Waals surface area contributed by atoms with E-state index < -0.39 is 24.4 Å². The van der Waals surface area contributed by atoms with Crippen LogP contribution in [-0.4, -0.2) is 59.6 Å². The first kappa shape index (κ1) is 22.8. The molecule has 0 aromatic heterocycles. The van der Waals surface area contributed by atoms with E-state index in [0.717, 1.165) is 12.8 Å². The van der Waals surface area contributed by atoms with Gasteiger partial charge in [-0.25, -0.2) is 0 Å². The maximum atomic E-state index is 9.80. The highest BCUT2D eigenvalue weighted by atomic mass is 16.6. The third kappa shape index (κ3) is 9.90. The fourth-order valence-electron chi connectivity index (χ4n) is 3.38. The van der Waals surface area contributed by atoms with E-state index >= 15 is 0 Å². The zero-order valence-electron chi connectivity index (χ0n) is 16.1. The Morgan fingerprint density at radius 2 is 1.40 bits per heavy atom. The minimum Gasteiger partial charge on any atom is -0.394 e. The van der Waals surface area contributed by atoms with E-state index in [0.29, 0.717) is 6.61 Å². The smallest absolute Gasteiger partial charge is 0.114 e. The molecule has 0 bridgehead atoms. The SMILES string of the molecule is CCCCCCCCCCCCCCO[C@@H](CO)[C@H]1OC[C@@H](O)[C@H]1O. The maximum Gasteiger partial charge on any atom is 0.114 e. The van der Waals surface area contributed by atoms with Gasteiger partial charge in [0.1, 0.15) is 24.4 Å². The lowest BCUT2D eigenvalue weighted by Gasteiger charge is -2.24. The molecule has 5 nitrogen and oxygen atoms in total. The summed E-state index contributed by atoms with van der Waals surface area (Å²) in [7, 11) is 0. The van der Waals surface area contributed by atoms with E-state index in [1.54, 1.807) is 0 Å². The van der Waals surface area contributed by atoms with Gasteiger partial charge in [-0.3, -0.25) is 0 Å². The van der Waals surface area contributed by atoms with Crippen LogP contribution in [0.25, 0.3) is 0 Å². The highest BCUT2D eigenvalue weighted by Crippen LogP contribution is 2.20. The van der Waals surface area contributed by atoms with Gasteiger partial charge in [0.25, 0.3) is 0 Å². The molecular formula is C20H40O5. The Hall–Kier alpha value is -0.200. The Kier molecular flexibility index (Phi) is 13.6. The van der Waals surface area contributed by atoms with Crippen LogP contribution in [0.2, 0.25) is 0 Å². The molecule has 0 aliphatic carbocycles. The molecule has 0 radical (unpaired) electrons. The van der Waals surface area contributed by atoms with Crippen LogP contribution in [0.3, 0.4) is 0 Å². The normalized spacial score (nSPS) is 24.7. The van der Waals surface area contributed by atoms with Crippen LogP contribution in [0.5, 0.6) is 0 Å². The first-order chi connectivity index (χ1) is 12.2. The molecule has 5 heteroatoms. The third-order valence-electron chi connectivity index (χ3n) is 5.07. The molecule has 0 aromatic carbocycles. The minimum absolute atomic E-state index is 0.101. The summed E-state index contributed by atoms with van der Waals surface area (Å²) in [6, 6.07) is 0. The summed E-state index contributed by atoms with van der Waals surface area (Å²) in [5.41, 5.74) is 0. The second-order valence-electron chi connectivity index (χ2n) is 7.34. The lowest BCUT2D eigenvalue weighted by Crippen LogP contribution is -2.42. The molecule has 1 aliphatic rings. The summed E-state index contributed by atoms with van der Waals surface area (Å²) in [5.74, 6) is 0. The van der Waals surface area contributed by atoms with Crippen LogP contribution < -0.4 is 0 Å². The highest BCUT2D eigenvalue weighted by molar-refractivity contribution is 4.88. The number of aliphatic hydroxyl groups excluding tert-OH is 3. The molecule has 3 N–H and O–H groups in total. The molecule has 0 saturated carbocycles. The summed E-state index contributed by atoms with van der Waals surface area (Å²) in [6.45, 7) is 2.72. The van der Waals surface area contributed by atoms with Crippen molar-refractivity contribution in [2.45, 2.75) is 108 Å². The fourth-order valence-corrected chi connectivity index (χ4v) is 3.38. The first-order valence-corrected chi connectivity index (χ1v) is 10.4. The van der Waals surface area contributed by atoms with Crippen LogP contribution in [0.1, 0.15) is 84.0 Å². The molecule has 1 fully saturated rings. The van der Waals surface area contributed by atoms with Gasteiger partial charge in [0, 0.05) is 6.61 Å². The van der Waals surface area contributed by atoms with Crippen molar-refractivity contribution in [2.75, 3.05) is 19.8 Å². The summed E-state index contributed by atoms with van der Waals surface area (Å²) < 4.78 is 10.9. The van der Waals surface area contributed by atoms with E-state index in [-0.39, 0.29) is 13.2 Å². The van der Waals surface area contributed by atoms with Crippen molar-refractivity contribution in [2.24, 2.45) is 0 Å². The van der Waals surface area contributed by atoms with Crippen molar-refractivity contribution in [1.29, 1.82) is 0 Å². The van der Waals surface area contributed by atoms with Crippen LogP contribution in [0.4, 0.5) is 0 Å². The van der Waals surface area contributed by atoms with Gasteiger partial charge in [-0.15, -0.1) is 0 Å². The van der Waals surface area contributed by atoms with Crippen molar-refractivity contribution >= 4 is 0 Å². The fraction of sp³-hybridized carbons (Fsp3) is 1.00. The largest absolute Gasteiger partial charge is 0.394 e. The molecule has 1 aliphatic heterocycles. The maximum absolute atomic E-state index is 9.80. The lowest BCUT2D eigenvalue weighted by atomic mass is 10.1. The minimum atomic E-state index is -0.973. The van der Waals surface area contributed by atoms with Crippen molar-refractivity contribution in [3.8, 4) is 0 Å². The summed E-state index contributed by atoms with van der Waals surface area (Å²) in [5, 5.41) is 28.7. The number of ether oxygens (including phenoxy) is 2. The van der Waals surface area contributed by atoms with Crippen LogP contribution >= 0.6 is 0 Å². The topological polar surface area (TPSA) is 79.2 Å². The molecule has 150 valence electrons. The molecule has 0 unspecified atom stereocenters. The molecule has 1 heterocycles. The number of rotatable bonds is 16. The Bertz CT molecular complexity index is 300. The standard InChI is InChI=1S/C20H40O5/c1-2-3-4-5-6-7-8-9-10-11-12-13-14-24-18(15-21)20-19(23)17(22)16-25-20/h17-23H,2-16H2,1H3/t17-,18+,19-,20-/m1/s1. The summed E-state index contributed by atoms with van der Waals surface area (Å²) in [6.07, 6.45) is 12.5. The first-order valence-electron chi connectivity index (χ1n) is 10.4. The van der Waals surface area contributed by atoms with E-state index in [2.05, 4.69) is 6.92 Å². The van der Waals surface area contributed by atoms with Crippen molar-refractivity contribution in [3.05, 3.63) is 0 Å². The number of hydrogen-bond donors (Lipinski definition) is 3. The van der Waals surface area contributed by atoms with E-state index in [9.17, 15) is 15.3 Å². The molecule has 0 amide bonds. The quantitative estimate of drug-likeness (QED) is 0.368. The van der Waals surface area contributed by atoms with Gasteiger partial charge < -0.3 is 24.8 Å². The van der Waals surface area contributed by atoms with Gasteiger partial charge in [-0.1, -0.05) is 77.6 Å². The second kappa shape index (κ2) is 14.9. The Labute approximate surface area is 153 Å². The van der Waals surface area contributed by atoms with E-state index in [1.165, 1.54) is 64.2 Å². The zero-order valence-corrected chi connectivity index (χ0v) is 16.1. The van der Waals surface area contributed by atoms with Crippen LogP contribution in [0, 0.1) is 0 Å². The average Bonchev–Trinajstić information content (AvgIpc) is 2.95. The Morgan fingerprint density at radius 1 is 0.880 bits per heavy atom. The predicted molar refractivity (Wildman–Crippen MR) is 99.7 cm³/mol. The number of unbranched alkanes of at least 4 members (excludes halogenated alkanes) is 11. The van der Waals surface area contributed by atoms with Gasteiger partial charge in [-0.2, -0.15) is 0 Å². The van der Waals surface area contributed by atoms with Crippen molar-refractivity contribution < 1.29 is 24.8 Å². The monoisotopic (exact) mass is 360 g/mol. The summed E-state index contributed by atoms with van der Waals surface area (Å²) >= 11 is 0. The highest BCUT2D eigenvalue weighted by Gasteiger charge is 2.40. The van der Waals surface area contributed by atoms with Crippen molar-refractivity contribution in [3.63, 3.8) is 0 Å². The molecule has 1 rings (SSSR count). The number of aliphatic hydroxyl groups is 3. The molecule has 0 aromatic rings. The van der Waals surface area contributed by atoms with Gasteiger partial charge in [0.2, 0.25) is 0 Å². The van der Waals surface area contributed by atoms with Gasteiger partial charge in [-0.05, 0) is 6.42 Å². The van der Waals surface area contributed by atoms with E-state index in [1.807, 2.05) is 0 Å². The molecule has 25 heavy (non-hydrogen) atoms. The number of hydrogen-bond acceptors (Lipinski definition) is 5. The average molecular weight is 361 g/mol. The zero-order chi connectivity index (χ0) is 18.3. The Balaban J connectivity index is 1.89. The molecule has 0 spiro atoms. The van der Waals surface area contributed by atoms with E-state index in [4.69, 9.17) is 9.47 Å². The lowest BCUT2D eigenvalue weighted by molar-refractivity contribution is -0.101. The summed E-state index contributed by atoms with van der Waals surface area (Å²) in [4.78, 5) is 0. The van der Waals surface area contributed by atoms with Gasteiger partial charge >= 0.3 is 0 Å². The predicted octanol–water partition coefficient (Wildman–Crippen LogP) is 3.19. The van der Waals surface area contributed by atoms with Crippen LogP contribution in [0.15, 0.2) is 0 Å².